The summed E-state index contributed by atoms with van der Waals surface area (Å²) in [5, 5.41) is 0.502. The minimum atomic E-state index is -0.445. The molecule has 25 heavy (non-hydrogen) atoms. The number of benzene rings is 2. The number of esters is 1. The molecule has 0 saturated carbocycles. The van der Waals surface area contributed by atoms with Crippen molar-refractivity contribution in [1.29, 1.82) is 0 Å². The van der Waals surface area contributed by atoms with Gasteiger partial charge in [-0.25, -0.2) is 9.18 Å². The van der Waals surface area contributed by atoms with Crippen molar-refractivity contribution in [3.8, 4) is 0 Å². The van der Waals surface area contributed by atoms with Gasteiger partial charge in [-0.2, -0.15) is 0 Å². The van der Waals surface area contributed by atoms with Crippen molar-refractivity contribution in [2.75, 3.05) is 11.5 Å². The molecular weight excluding hydrogens is 345 g/mol. The molecule has 0 saturated heterocycles. The Balaban J connectivity index is 1.85. The number of carbonyl (C=O) groups is 2. The minimum absolute atomic E-state index is 0.0121. The van der Waals surface area contributed by atoms with Crippen LogP contribution in [0.1, 0.15) is 17.9 Å². The molecule has 0 N–H and O–H groups in total. The molecule has 126 valence electrons. The van der Waals surface area contributed by atoms with Crippen molar-refractivity contribution in [3.63, 3.8) is 0 Å². The summed E-state index contributed by atoms with van der Waals surface area (Å²) in [6, 6.07) is 12.7. The third kappa shape index (κ3) is 2.61. The summed E-state index contributed by atoms with van der Waals surface area (Å²) in [7, 11) is 0. The number of hydrogen-bond acceptors (Lipinski definition) is 3. The van der Waals surface area contributed by atoms with E-state index in [2.05, 4.69) is 0 Å². The molecular formula is C19H13ClFNO3. The topological polar surface area (TPSA) is 46.6 Å². The molecule has 6 heteroatoms. The fourth-order valence-electron chi connectivity index (χ4n) is 3.37. The summed E-state index contributed by atoms with van der Waals surface area (Å²) < 4.78 is 18.4. The van der Waals surface area contributed by atoms with Gasteiger partial charge in [0.2, 0.25) is 5.91 Å². The monoisotopic (exact) mass is 357 g/mol. The number of nitrogens with zero attached hydrogens (tertiary/aromatic N) is 1. The van der Waals surface area contributed by atoms with Gasteiger partial charge < -0.3 is 4.74 Å². The van der Waals surface area contributed by atoms with Crippen molar-refractivity contribution in [2.45, 2.75) is 12.3 Å². The first-order valence-electron chi connectivity index (χ1n) is 7.79. The van der Waals surface area contributed by atoms with Gasteiger partial charge in [-0.05, 0) is 35.9 Å². The average molecular weight is 358 g/mol. The zero-order valence-corrected chi connectivity index (χ0v) is 13.8. The van der Waals surface area contributed by atoms with Crippen molar-refractivity contribution in [2.24, 2.45) is 0 Å². The predicted octanol–water partition coefficient (Wildman–Crippen LogP) is 3.81. The van der Waals surface area contributed by atoms with E-state index >= 15 is 0 Å². The van der Waals surface area contributed by atoms with Crippen LogP contribution < -0.4 is 4.90 Å². The molecule has 0 aromatic heterocycles. The lowest BCUT2D eigenvalue weighted by Crippen LogP contribution is -2.37. The van der Waals surface area contributed by atoms with Gasteiger partial charge in [-0.15, -0.1) is 0 Å². The van der Waals surface area contributed by atoms with Crippen molar-refractivity contribution < 1.29 is 18.7 Å². The SMILES string of the molecule is O=C1OCC2=C1[C@@H](c1ccccc1Cl)CC(=O)N2c1ccc(F)cc1. The minimum Gasteiger partial charge on any atom is -0.456 e. The molecule has 2 aliphatic heterocycles. The summed E-state index contributed by atoms with van der Waals surface area (Å²) in [4.78, 5) is 26.6. The zero-order valence-electron chi connectivity index (χ0n) is 13.0. The molecule has 4 nitrogen and oxygen atoms in total. The molecule has 0 unspecified atom stereocenters. The third-order valence-electron chi connectivity index (χ3n) is 4.48. The normalized spacial score (nSPS) is 19.9. The first kappa shape index (κ1) is 15.8. The molecule has 2 heterocycles. The number of anilines is 1. The van der Waals surface area contributed by atoms with Crippen LogP contribution in [0.2, 0.25) is 5.02 Å². The number of hydrogen-bond donors (Lipinski definition) is 0. The number of cyclic esters (lactones) is 1. The lowest BCUT2D eigenvalue weighted by Gasteiger charge is -2.32. The van der Waals surface area contributed by atoms with Crippen LogP contribution in [0.5, 0.6) is 0 Å². The van der Waals surface area contributed by atoms with Crippen LogP contribution >= 0.6 is 11.6 Å². The second-order valence-corrected chi connectivity index (χ2v) is 6.33. The predicted molar refractivity (Wildman–Crippen MR) is 90.7 cm³/mol. The van der Waals surface area contributed by atoms with Crippen LogP contribution in [0.3, 0.4) is 0 Å². The molecule has 4 rings (SSSR count). The van der Waals surface area contributed by atoms with Crippen molar-refractivity contribution >= 4 is 29.2 Å². The molecule has 2 aromatic rings. The highest BCUT2D eigenvalue weighted by atomic mass is 35.5. The molecule has 2 aromatic carbocycles. The van der Waals surface area contributed by atoms with E-state index in [1.54, 1.807) is 12.1 Å². The number of halogens is 2. The molecule has 2 aliphatic rings. The Morgan fingerprint density at radius 1 is 1.08 bits per heavy atom. The van der Waals surface area contributed by atoms with Gasteiger partial charge in [0.25, 0.3) is 0 Å². The lowest BCUT2D eigenvalue weighted by atomic mass is 9.84. The maximum Gasteiger partial charge on any atom is 0.336 e. The van der Waals surface area contributed by atoms with Crippen LogP contribution in [-0.4, -0.2) is 18.5 Å². The summed E-state index contributed by atoms with van der Waals surface area (Å²) in [6.07, 6.45) is 0.0923. The van der Waals surface area contributed by atoms with Gasteiger partial charge in [0.05, 0.1) is 11.3 Å². The van der Waals surface area contributed by atoms with E-state index < -0.39 is 17.7 Å². The molecule has 0 fully saturated rings. The van der Waals surface area contributed by atoms with Crippen molar-refractivity contribution in [3.05, 3.63) is 76.2 Å². The highest BCUT2D eigenvalue weighted by Crippen LogP contribution is 2.43. The van der Waals surface area contributed by atoms with Crippen LogP contribution in [0.15, 0.2) is 59.8 Å². The van der Waals surface area contributed by atoms with Crippen LogP contribution in [-0.2, 0) is 14.3 Å². The maximum atomic E-state index is 13.2. The molecule has 0 aliphatic carbocycles. The van der Waals surface area contributed by atoms with Gasteiger partial charge in [0.1, 0.15) is 12.4 Å². The van der Waals surface area contributed by atoms with Gasteiger partial charge in [-0.3, -0.25) is 9.69 Å². The first-order chi connectivity index (χ1) is 12.1. The van der Waals surface area contributed by atoms with Gasteiger partial charge >= 0.3 is 5.97 Å². The largest absolute Gasteiger partial charge is 0.456 e. The number of rotatable bonds is 2. The number of amides is 1. The van der Waals surface area contributed by atoms with E-state index in [-0.39, 0.29) is 18.9 Å². The van der Waals surface area contributed by atoms with Gasteiger partial charge in [0, 0.05) is 23.0 Å². The maximum absolute atomic E-state index is 13.2. The summed E-state index contributed by atoms with van der Waals surface area (Å²) in [5.74, 6) is -1.47. The molecule has 1 atom stereocenters. The van der Waals surface area contributed by atoms with Gasteiger partial charge in [-0.1, -0.05) is 29.8 Å². The van der Waals surface area contributed by atoms with Crippen LogP contribution in [0.25, 0.3) is 0 Å². The Morgan fingerprint density at radius 2 is 1.80 bits per heavy atom. The highest BCUT2D eigenvalue weighted by Gasteiger charge is 2.43. The lowest BCUT2D eigenvalue weighted by molar-refractivity contribution is -0.136. The number of carbonyl (C=O) groups excluding carboxylic acids is 2. The molecule has 1 amide bonds. The fourth-order valence-corrected chi connectivity index (χ4v) is 3.63. The van der Waals surface area contributed by atoms with Crippen LogP contribution in [0, 0.1) is 5.82 Å². The van der Waals surface area contributed by atoms with E-state index in [0.717, 1.165) is 5.56 Å². The average Bonchev–Trinajstić information content (AvgIpc) is 2.98. The number of ether oxygens (including phenoxy) is 1. The Morgan fingerprint density at radius 3 is 2.52 bits per heavy atom. The standard InChI is InChI=1S/C19H13ClFNO3/c20-15-4-2-1-3-13(15)14-9-17(23)22(12-7-5-11(21)6-8-12)16-10-25-19(24)18(14)16/h1-8,14H,9-10H2/t14-/m1/s1. The van der Waals surface area contributed by atoms with E-state index in [1.165, 1.54) is 29.2 Å². The summed E-state index contributed by atoms with van der Waals surface area (Å²) in [5.41, 5.74) is 2.17. The van der Waals surface area contributed by atoms with E-state index in [4.69, 9.17) is 16.3 Å². The molecule has 0 bridgehead atoms. The Labute approximate surface area is 148 Å². The zero-order chi connectivity index (χ0) is 17.6. The van der Waals surface area contributed by atoms with Gasteiger partial charge in [0.15, 0.2) is 0 Å². The quantitative estimate of drug-likeness (QED) is 0.768. The van der Waals surface area contributed by atoms with Crippen LogP contribution in [0.4, 0.5) is 10.1 Å². The fraction of sp³-hybridized carbons (Fsp3) is 0.158. The van der Waals surface area contributed by atoms with E-state index in [0.29, 0.717) is 22.0 Å². The summed E-state index contributed by atoms with van der Waals surface area (Å²) >= 11 is 6.27. The highest BCUT2D eigenvalue weighted by molar-refractivity contribution is 6.31. The Bertz CT molecular complexity index is 907. The summed E-state index contributed by atoms with van der Waals surface area (Å²) in [6.45, 7) is 0.0121. The first-order valence-corrected chi connectivity index (χ1v) is 8.17. The Kier molecular flexibility index (Phi) is 3.81. The smallest absolute Gasteiger partial charge is 0.336 e. The second kappa shape index (κ2) is 6.01. The molecule has 0 radical (unpaired) electrons. The van der Waals surface area contributed by atoms with E-state index in [9.17, 15) is 14.0 Å². The third-order valence-corrected chi connectivity index (χ3v) is 4.83. The Hall–Kier alpha value is -2.66. The van der Waals surface area contributed by atoms with Crippen molar-refractivity contribution in [1.82, 2.24) is 0 Å². The van der Waals surface area contributed by atoms with E-state index in [1.807, 2.05) is 12.1 Å². The second-order valence-electron chi connectivity index (χ2n) is 5.92. The molecule has 0 spiro atoms.